The number of amides is 1. The van der Waals surface area contributed by atoms with Crippen molar-refractivity contribution < 1.29 is 4.79 Å². The van der Waals surface area contributed by atoms with Crippen molar-refractivity contribution in [3.63, 3.8) is 0 Å². The zero-order chi connectivity index (χ0) is 22.5. The fraction of sp³-hybridized carbons (Fsp3) is 0.308. The van der Waals surface area contributed by atoms with Gasteiger partial charge in [-0.2, -0.15) is 0 Å². The van der Waals surface area contributed by atoms with Gasteiger partial charge >= 0.3 is 0 Å². The Bertz CT molecular complexity index is 1230. The number of piperidine rings is 1. The molecular formula is C26H28N6O. The highest BCUT2D eigenvalue weighted by molar-refractivity contribution is 5.99. The molecule has 33 heavy (non-hydrogen) atoms. The summed E-state index contributed by atoms with van der Waals surface area (Å²) in [6.07, 6.45) is 11.6. The van der Waals surface area contributed by atoms with Crippen LogP contribution in [0.4, 0.5) is 5.95 Å². The number of aryl methyl sites for hydroxylation is 1. The summed E-state index contributed by atoms with van der Waals surface area (Å²) < 4.78 is 2.22. The minimum Gasteiger partial charge on any atom is -0.352 e. The van der Waals surface area contributed by atoms with Gasteiger partial charge in [0.05, 0.1) is 11.3 Å². The molecule has 5 rings (SSSR count). The third-order valence-corrected chi connectivity index (χ3v) is 6.15. The van der Waals surface area contributed by atoms with Gasteiger partial charge in [-0.3, -0.25) is 9.78 Å². The van der Waals surface area contributed by atoms with Crippen LogP contribution >= 0.6 is 0 Å². The molecule has 1 fully saturated rings. The summed E-state index contributed by atoms with van der Waals surface area (Å²) in [6, 6.07) is 14.2. The predicted molar refractivity (Wildman–Crippen MR) is 130 cm³/mol. The number of carbonyl (C=O) groups is 1. The Morgan fingerprint density at radius 1 is 1.00 bits per heavy atom. The van der Waals surface area contributed by atoms with Gasteiger partial charge in [-0.05, 0) is 55.3 Å². The number of carbonyl (C=O) groups excluding carboxylic acids is 1. The number of benzene rings is 1. The molecule has 168 valence electrons. The quantitative estimate of drug-likeness (QED) is 0.434. The van der Waals surface area contributed by atoms with Crippen LogP contribution in [0.2, 0.25) is 0 Å². The van der Waals surface area contributed by atoms with Crippen LogP contribution in [0.25, 0.3) is 22.2 Å². The number of nitrogens with one attached hydrogen (secondary N) is 1. The second-order valence-electron chi connectivity index (χ2n) is 8.39. The Morgan fingerprint density at radius 2 is 1.82 bits per heavy atom. The van der Waals surface area contributed by atoms with Crippen LogP contribution in [0.1, 0.15) is 36.0 Å². The lowest BCUT2D eigenvalue weighted by molar-refractivity contribution is 0.0953. The van der Waals surface area contributed by atoms with Gasteiger partial charge in [0.1, 0.15) is 0 Å². The van der Waals surface area contributed by atoms with E-state index in [-0.39, 0.29) is 5.91 Å². The summed E-state index contributed by atoms with van der Waals surface area (Å²) in [7, 11) is 0. The molecule has 0 radical (unpaired) electrons. The van der Waals surface area contributed by atoms with E-state index in [0.29, 0.717) is 23.8 Å². The van der Waals surface area contributed by atoms with Gasteiger partial charge in [-0.25, -0.2) is 9.97 Å². The average molecular weight is 441 g/mol. The van der Waals surface area contributed by atoms with Crippen molar-refractivity contribution in [3.8, 4) is 11.3 Å². The summed E-state index contributed by atoms with van der Waals surface area (Å²) in [6.45, 7) is 3.33. The number of hydrogen-bond acceptors (Lipinski definition) is 5. The molecule has 3 aromatic heterocycles. The van der Waals surface area contributed by atoms with Gasteiger partial charge in [0.25, 0.3) is 5.91 Å². The van der Waals surface area contributed by atoms with E-state index in [4.69, 9.17) is 4.98 Å². The lowest BCUT2D eigenvalue weighted by Gasteiger charge is -2.27. The van der Waals surface area contributed by atoms with Gasteiger partial charge in [-0.15, -0.1) is 0 Å². The Kier molecular flexibility index (Phi) is 6.28. The molecule has 1 aliphatic rings. The van der Waals surface area contributed by atoms with Crippen LogP contribution < -0.4 is 10.2 Å². The number of rotatable bonds is 7. The standard InChI is InChI=1S/C26H28N6O/c33-25(28-12-6-17-31-18-11-20-7-2-3-8-23(20)31)22-19-29-26(32-15-4-1-5-16-32)30-24(22)21-9-13-27-14-10-21/h2-3,7-11,13-14,18-19H,1,4-6,12,15-17H2,(H,28,33). The number of hydrogen-bond donors (Lipinski definition) is 1. The van der Waals surface area contributed by atoms with E-state index in [9.17, 15) is 4.79 Å². The molecule has 0 atom stereocenters. The molecule has 7 nitrogen and oxygen atoms in total. The third kappa shape index (κ3) is 4.72. The molecule has 1 aliphatic heterocycles. The zero-order valence-electron chi connectivity index (χ0n) is 18.7. The van der Waals surface area contributed by atoms with E-state index >= 15 is 0 Å². The van der Waals surface area contributed by atoms with Gasteiger partial charge in [0.2, 0.25) is 5.95 Å². The van der Waals surface area contributed by atoms with Crippen molar-refractivity contribution in [1.29, 1.82) is 0 Å². The number of pyridine rings is 1. The summed E-state index contributed by atoms with van der Waals surface area (Å²) in [4.78, 5) is 28.7. The maximum absolute atomic E-state index is 13.1. The molecule has 1 aromatic carbocycles. The number of nitrogens with zero attached hydrogens (tertiary/aromatic N) is 5. The lowest BCUT2D eigenvalue weighted by Crippen LogP contribution is -2.32. The lowest BCUT2D eigenvalue weighted by atomic mass is 10.1. The smallest absolute Gasteiger partial charge is 0.255 e. The Hall–Kier alpha value is -3.74. The van der Waals surface area contributed by atoms with Gasteiger partial charge in [0, 0.05) is 62.0 Å². The molecule has 4 aromatic rings. The Labute approximate surface area is 193 Å². The largest absolute Gasteiger partial charge is 0.352 e. The molecule has 4 heterocycles. The normalized spacial score (nSPS) is 13.9. The predicted octanol–water partition coefficient (Wildman–Crippen LogP) is 4.30. The molecule has 0 bridgehead atoms. The van der Waals surface area contributed by atoms with Crippen molar-refractivity contribution in [3.05, 3.63) is 72.8 Å². The molecule has 0 unspecified atom stereocenters. The summed E-state index contributed by atoms with van der Waals surface area (Å²) in [5, 5.41) is 4.29. The van der Waals surface area contributed by atoms with Gasteiger partial charge in [-0.1, -0.05) is 18.2 Å². The van der Waals surface area contributed by atoms with Gasteiger partial charge < -0.3 is 14.8 Å². The Morgan fingerprint density at radius 3 is 2.67 bits per heavy atom. The second-order valence-corrected chi connectivity index (χ2v) is 8.39. The molecule has 1 amide bonds. The van der Waals surface area contributed by atoms with Crippen molar-refractivity contribution in [2.45, 2.75) is 32.2 Å². The monoisotopic (exact) mass is 440 g/mol. The highest BCUT2D eigenvalue weighted by Gasteiger charge is 2.20. The second kappa shape index (κ2) is 9.81. The fourth-order valence-electron chi connectivity index (χ4n) is 4.40. The molecule has 0 spiro atoms. The molecule has 0 saturated carbocycles. The summed E-state index contributed by atoms with van der Waals surface area (Å²) in [5.41, 5.74) is 3.23. The van der Waals surface area contributed by atoms with Crippen LogP contribution in [0.5, 0.6) is 0 Å². The summed E-state index contributed by atoms with van der Waals surface area (Å²) in [5.74, 6) is 0.543. The van der Waals surface area contributed by atoms with E-state index in [1.54, 1.807) is 18.6 Å². The first-order valence-electron chi connectivity index (χ1n) is 11.6. The minimum absolute atomic E-state index is 0.149. The highest BCUT2D eigenvalue weighted by atomic mass is 16.1. The van der Waals surface area contributed by atoms with Crippen LogP contribution in [0.3, 0.4) is 0 Å². The van der Waals surface area contributed by atoms with E-state index in [0.717, 1.165) is 44.5 Å². The molecule has 7 heteroatoms. The average Bonchev–Trinajstić information content (AvgIpc) is 3.30. The van der Waals surface area contributed by atoms with Gasteiger partial charge in [0.15, 0.2) is 0 Å². The first kappa shape index (κ1) is 21.1. The van der Waals surface area contributed by atoms with E-state index in [1.807, 2.05) is 18.2 Å². The van der Waals surface area contributed by atoms with Crippen molar-refractivity contribution >= 4 is 22.8 Å². The van der Waals surface area contributed by atoms with Crippen LogP contribution in [0.15, 0.2) is 67.3 Å². The first-order valence-corrected chi connectivity index (χ1v) is 11.6. The first-order chi connectivity index (χ1) is 16.3. The minimum atomic E-state index is -0.149. The van der Waals surface area contributed by atoms with E-state index in [2.05, 4.69) is 55.2 Å². The number of fused-ring (bicyclic) bond motifs is 1. The maximum atomic E-state index is 13.1. The van der Waals surface area contributed by atoms with E-state index < -0.39 is 0 Å². The third-order valence-electron chi connectivity index (χ3n) is 6.15. The van der Waals surface area contributed by atoms with Crippen molar-refractivity contribution in [1.82, 2.24) is 24.8 Å². The van der Waals surface area contributed by atoms with Crippen LogP contribution in [-0.2, 0) is 6.54 Å². The van der Waals surface area contributed by atoms with Crippen LogP contribution in [0, 0.1) is 0 Å². The van der Waals surface area contributed by atoms with Crippen LogP contribution in [-0.4, -0.2) is 45.1 Å². The number of anilines is 1. The maximum Gasteiger partial charge on any atom is 0.255 e. The SMILES string of the molecule is O=C(NCCCn1ccc2ccccc21)c1cnc(N2CCCCC2)nc1-c1ccncc1. The fourth-order valence-corrected chi connectivity index (χ4v) is 4.40. The summed E-state index contributed by atoms with van der Waals surface area (Å²) >= 11 is 0. The number of aromatic nitrogens is 4. The topological polar surface area (TPSA) is 75.9 Å². The van der Waals surface area contributed by atoms with E-state index in [1.165, 1.54) is 17.3 Å². The molecular weight excluding hydrogens is 412 g/mol. The molecule has 1 saturated heterocycles. The van der Waals surface area contributed by atoms with Crippen molar-refractivity contribution in [2.75, 3.05) is 24.5 Å². The highest BCUT2D eigenvalue weighted by Crippen LogP contribution is 2.24. The molecule has 0 aliphatic carbocycles. The molecule has 1 N–H and O–H groups in total. The Balaban J connectivity index is 1.29. The van der Waals surface area contributed by atoms with Crippen molar-refractivity contribution in [2.24, 2.45) is 0 Å². The number of para-hydroxylation sites is 1. The zero-order valence-corrected chi connectivity index (χ0v) is 18.7.